The summed E-state index contributed by atoms with van der Waals surface area (Å²) in [5, 5.41) is 0. The van der Waals surface area contributed by atoms with Gasteiger partial charge >= 0.3 is 0 Å². The van der Waals surface area contributed by atoms with E-state index in [-0.39, 0.29) is 12.0 Å². The molecule has 0 radical (unpaired) electrons. The van der Waals surface area contributed by atoms with Crippen LogP contribution < -0.4 is 0 Å². The molecule has 0 unspecified atom stereocenters. The van der Waals surface area contributed by atoms with Gasteiger partial charge in [0.1, 0.15) is 11.6 Å². The van der Waals surface area contributed by atoms with Gasteiger partial charge in [-0.05, 0) is 29.8 Å². The third-order valence-electron chi connectivity index (χ3n) is 2.29. The highest BCUT2D eigenvalue weighted by Gasteiger charge is 2.06. The van der Waals surface area contributed by atoms with Gasteiger partial charge in [-0.3, -0.25) is 4.79 Å². The second kappa shape index (κ2) is 4.26. The van der Waals surface area contributed by atoms with Gasteiger partial charge in [0.2, 0.25) is 0 Å². The minimum atomic E-state index is -0.474. The van der Waals surface area contributed by atoms with E-state index >= 15 is 0 Å². The van der Waals surface area contributed by atoms with E-state index in [2.05, 4.69) is 4.98 Å². The highest BCUT2D eigenvalue weighted by atomic mass is 19.1. The van der Waals surface area contributed by atoms with Gasteiger partial charge in [0, 0.05) is 23.9 Å². The SMILES string of the molecule is O=Cc1c[nH]c(Cc2cc(F)ccc2F)c1. The Balaban J connectivity index is 2.26. The van der Waals surface area contributed by atoms with Crippen LogP contribution in [0.3, 0.4) is 0 Å². The highest BCUT2D eigenvalue weighted by molar-refractivity contribution is 5.74. The zero-order chi connectivity index (χ0) is 11.5. The van der Waals surface area contributed by atoms with E-state index in [9.17, 15) is 13.6 Å². The van der Waals surface area contributed by atoms with Crippen LogP contribution in [0.2, 0.25) is 0 Å². The molecule has 0 aliphatic rings. The molecule has 0 spiro atoms. The van der Waals surface area contributed by atoms with Crippen molar-refractivity contribution in [1.29, 1.82) is 0 Å². The Bertz CT molecular complexity index is 519. The molecule has 82 valence electrons. The molecule has 2 rings (SSSR count). The average Bonchev–Trinajstić information content (AvgIpc) is 2.71. The van der Waals surface area contributed by atoms with Crippen LogP contribution in [-0.4, -0.2) is 11.3 Å². The van der Waals surface area contributed by atoms with Gasteiger partial charge < -0.3 is 4.98 Å². The molecule has 1 heterocycles. The van der Waals surface area contributed by atoms with Crippen LogP contribution >= 0.6 is 0 Å². The van der Waals surface area contributed by atoms with Gasteiger partial charge in [0.05, 0.1) is 0 Å². The summed E-state index contributed by atoms with van der Waals surface area (Å²) in [4.78, 5) is 13.3. The van der Waals surface area contributed by atoms with Crippen molar-refractivity contribution in [2.24, 2.45) is 0 Å². The molecule has 0 atom stereocenters. The number of rotatable bonds is 3. The first kappa shape index (κ1) is 10.5. The normalized spacial score (nSPS) is 10.4. The molecule has 16 heavy (non-hydrogen) atoms. The summed E-state index contributed by atoms with van der Waals surface area (Å²) in [5.41, 5.74) is 1.43. The number of nitrogens with one attached hydrogen (secondary N) is 1. The second-order valence-corrected chi connectivity index (χ2v) is 3.49. The predicted octanol–water partition coefficient (Wildman–Crippen LogP) is 2.70. The van der Waals surface area contributed by atoms with Gasteiger partial charge in [-0.1, -0.05) is 0 Å². The Labute approximate surface area is 90.9 Å². The van der Waals surface area contributed by atoms with E-state index in [0.29, 0.717) is 17.5 Å². The molecule has 4 heteroatoms. The molecular formula is C12H9F2NO. The van der Waals surface area contributed by atoms with Crippen molar-refractivity contribution in [3.8, 4) is 0 Å². The second-order valence-electron chi connectivity index (χ2n) is 3.49. The van der Waals surface area contributed by atoms with Crippen LogP contribution in [-0.2, 0) is 6.42 Å². The fraction of sp³-hybridized carbons (Fsp3) is 0.0833. The van der Waals surface area contributed by atoms with Crippen LogP contribution in [0.5, 0.6) is 0 Å². The zero-order valence-corrected chi connectivity index (χ0v) is 8.34. The molecule has 0 amide bonds. The molecule has 0 aliphatic heterocycles. The summed E-state index contributed by atoms with van der Waals surface area (Å²) in [5.74, 6) is -0.928. The largest absolute Gasteiger partial charge is 0.364 e. The fourth-order valence-electron chi connectivity index (χ4n) is 1.51. The Morgan fingerprint density at radius 3 is 2.75 bits per heavy atom. The molecule has 2 aromatic rings. The quantitative estimate of drug-likeness (QED) is 0.794. The molecule has 2 nitrogen and oxygen atoms in total. The number of benzene rings is 1. The van der Waals surface area contributed by atoms with E-state index < -0.39 is 11.6 Å². The van der Waals surface area contributed by atoms with Gasteiger partial charge in [-0.2, -0.15) is 0 Å². The lowest BCUT2D eigenvalue weighted by molar-refractivity contribution is 0.112. The van der Waals surface area contributed by atoms with Crippen molar-refractivity contribution >= 4 is 6.29 Å². The number of aromatic nitrogens is 1. The first-order valence-electron chi connectivity index (χ1n) is 4.75. The van der Waals surface area contributed by atoms with E-state index in [1.54, 1.807) is 6.07 Å². The van der Waals surface area contributed by atoms with E-state index in [0.717, 1.165) is 18.2 Å². The first-order chi connectivity index (χ1) is 7.69. The molecule has 0 fully saturated rings. The average molecular weight is 221 g/mol. The summed E-state index contributed by atoms with van der Waals surface area (Å²) in [6.07, 6.45) is 2.46. The van der Waals surface area contributed by atoms with Crippen molar-refractivity contribution in [1.82, 2.24) is 4.98 Å². The fourth-order valence-corrected chi connectivity index (χ4v) is 1.51. The van der Waals surface area contributed by atoms with Gasteiger partial charge in [-0.25, -0.2) is 8.78 Å². The molecule has 0 saturated carbocycles. The van der Waals surface area contributed by atoms with Crippen LogP contribution in [0.25, 0.3) is 0 Å². The Morgan fingerprint density at radius 2 is 2.06 bits per heavy atom. The number of carbonyl (C=O) groups excluding carboxylic acids is 1. The van der Waals surface area contributed by atoms with Crippen molar-refractivity contribution in [3.05, 3.63) is 58.9 Å². The van der Waals surface area contributed by atoms with Crippen LogP contribution in [0, 0.1) is 11.6 Å². The number of aldehydes is 1. The van der Waals surface area contributed by atoms with Crippen LogP contribution in [0.1, 0.15) is 21.6 Å². The number of halogens is 2. The summed E-state index contributed by atoms with van der Waals surface area (Å²) in [6, 6.07) is 4.92. The monoisotopic (exact) mass is 221 g/mol. The Kier molecular flexibility index (Phi) is 2.81. The summed E-state index contributed by atoms with van der Waals surface area (Å²) < 4.78 is 26.2. The molecule has 1 N–H and O–H groups in total. The van der Waals surface area contributed by atoms with Crippen LogP contribution in [0.4, 0.5) is 8.78 Å². The minimum Gasteiger partial charge on any atom is -0.364 e. The summed E-state index contributed by atoms with van der Waals surface area (Å²) >= 11 is 0. The van der Waals surface area contributed by atoms with Crippen molar-refractivity contribution in [2.45, 2.75) is 6.42 Å². The van der Waals surface area contributed by atoms with E-state index in [1.165, 1.54) is 6.20 Å². The maximum Gasteiger partial charge on any atom is 0.151 e. The lowest BCUT2D eigenvalue weighted by atomic mass is 10.1. The van der Waals surface area contributed by atoms with Crippen molar-refractivity contribution in [3.63, 3.8) is 0 Å². The highest BCUT2D eigenvalue weighted by Crippen LogP contribution is 2.14. The third-order valence-corrected chi connectivity index (χ3v) is 2.29. The minimum absolute atomic E-state index is 0.234. The molecule has 0 aliphatic carbocycles. The van der Waals surface area contributed by atoms with Crippen LogP contribution in [0.15, 0.2) is 30.5 Å². The summed E-state index contributed by atoms with van der Waals surface area (Å²) in [6.45, 7) is 0. The number of H-pyrrole nitrogens is 1. The van der Waals surface area contributed by atoms with Gasteiger partial charge in [0.25, 0.3) is 0 Å². The van der Waals surface area contributed by atoms with Gasteiger partial charge in [-0.15, -0.1) is 0 Å². The zero-order valence-electron chi connectivity index (χ0n) is 8.34. The Morgan fingerprint density at radius 1 is 1.25 bits per heavy atom. The number of hydrogen-bond acceptors (Lipinski definition) is 1. The van der Waals surface area contributed by atoms with Crippen molar-refractivity contribution in [2.75, 3.05) is 0 Å². The maximum atomic E-state index is 13.3. The summed E-state index contributed by atoms with van der Waals surface area (Å²) in [7, 11) is 0. The lowest BCUT2D eigenvalue weighted by Crippen LogP contribution is -1.93. The van der Waals surface area contributed by atoms with Gasteiger partial charge in [0.15, 0.2) is 6.29 Å². The molecule has 1 aromatic heterocycles. The number of hydrogen-bond donors (Lipinski definition) is 1. The first-order valence-corrected chi connectivity index (χ1v) is 4.75. The lowest BCUT2D eigenvalue weighted by Gasteiger charge is -2.01. The number of aromatic amines is 1. The smallest absolute Gasteiger partial charge is 0.151 e. The third kappa shape index (κ3) is 2.16. The molecule has 0 saturated heterocycles. The topological polar surface area (TPSA) is 32.9 Å². The van der Waals surface area contributed by atoms with Crippen molar-refractivity contribution < 1.29 is 13.6 Å². The Hall–Kier alpha value is -1.97. The molecule has 0 bridgehead atoms. The van der Waals surface area contributed by atoms with E-state index in [1.807, 2.05) is 0 Å². The predicted molar refractivity (Wildman–Crippen MR) is 55.3 cm³/mol. The molecular weight excluding hydrogens is 212 g/mol. The standard InChI is InChI=1S/C12H9F2NO/c13-10-1-2-12(14)9(4-10)5-11-3-8(7-16)6-15-11/h1-4,6-7,15H,5H2. The maximum absolute atomic E-state index is 13.3. The number of carbonyl (C=O) groups is 1. The van der Waals surface area contributed by atoms with E-state index in [4.69, 9.17) is 0 Å². The molecule has 1 aromatic carbocycles.